The number of aliphatic imine (C=N–C) groups is 1. The summed E-state index contributed by atoms with van der Waals surface area (Å²) in [6.45, 7) is 1.58. The van der Waals surface area contributed by atoms with Gasteiger partial charge in [-0.1, -0.05) is 29.8 Å². The number of nitrogens with one attached hydrogen (secondary N) is 2. The topological polar surface area (TPSA) is 109 Å². The van der Waals surface area contributed by atoms with Gasteiger partial charge in [-0.05, 0) is 42.7 Å². The van der Waals surface area contributed by atoms with Gasteiger partial charge < -0.3 is 26.2 Å². The van der Waals surface area contributed by atoms with Gasteiger partial charge in [0.05, 0.1) is 24.8 Å². The lowest BCUT2D eigenvalue weighted by Gasteiger charge is -2.27. The molecule has 2 aromatic rings. The first-order valence-corrected chi connectivity index (χ1v) is 11.2. The summed E-state index contributed by atoms with van der Waals surface area (Å²) in [6.07, 6.45) is 1.78. The quantitative estimate of drug-likeness (QED) is 0.517. The van der Waals surface area contributed by atoms with Gasteiger partial charge in [0.2, 0.25) is 0 Å². The van der Waals surface area contributed by atoms with Crippen molar-refractivity contribution in [2.24, 2.45) is 16.6 Å². The fraction of sp³-hybridized carbons (Fsp3) is 0.333. The van der Waals surface area contributed by atoms with Crippen LogP contribution in [0.1, 0.15) is 40.4 Å². The zero-order chi connectivity index (χ0) is 23.4. The molecule has 2 aliphatic heterocycles. The number of halogens is 2. The van der Waals surface area contributed by atoms with E-state index in [1.807, 2.05) is 0 Å². The van der Waals surface area contributed by atoms with E-state index in [2.05, 4.69) is 10.6 Å². The summed E-state index contributed by atoms with van der Waals surface area (Å²) in [6, 6.07) is 10.3. The molecule has 0 unspecified atom stereocenters. The Morgan fingerprint density at radius 2 is 2.09 bits per heavy atom. The first-order chi connectivity index (χ1) is 16.0. The largest absolute Gasteiger partial charge is 0.394 e. The number of benzene rings is 2. The predicted molar refractivity (Wildman–Crippen MR) is 125 cm³/mol. The summed E-state index contributed by atoms with van der Waals surface area (Å²) < 4.78 is 20.4. The Bertz CT molecular complexity index is 1100. The van der Waals surface area contributed by atoms with Crippen LogP contribution in [0.3, 0.4) is 0 Å². The zero-order valence-corrected chi connectivity index (χ0v) is 18.7. The Morgan fingerprint density at radius 3 is 2.79 bits per heavy atom. The third kappa shape index (κ3) is 5.35. The van der Waals surface area contributed by atoms with Crippen molar-refractivity contribution in [3.05, 3.63) is 75.8 Å². The number of carbonyl (C=O) groups is 1. The number of aliphatic hydroxyl groups excluding tert-OH is 1. The van der Waals surface area contributed by atoms with Crippen LogP contribution in [0.15, 0.2) is 53.3 Å². The Kier molecular flexibility index (Phi) is 7.27. The molecule has 0 aromatic heterocycles. The second kappa shape index (κ2) is 10.3. The van der Waals surface area contributed by atoms with Crippen LogP contribution >= 0.6 is 11.6 Å². The molecular weight excluding hydrogens is 447 g/mol. The molecule has 0 spiro atoms. The number of amides is 1. The van der Waals surface area contributed by atoms with Gasteiger partial charge in [-0.2, -0.15) is 0 Å². The molecule has 2 heterocycles. The average Bonchev–Trinajstić information content (AvgIpc) is 2.83. The van der Waals surface area contributed by atoms with Gasteiger partial charge in [0.1, 0.15) is 17.3 Å². The van der Waals surface area contributed by atoms with Crippen molar-refractivity contribution in [1.82, 2.24) is 10.6 Å². The Morgan fingerprint density at radius 1 is 1.30 bits per heavy atom. The molecule has 0 aliphatic carbocycles. The molecule has 1 atom stereocenters. The number of nitrogens with two attached hydrogens (primary N) is 1. The Hall–Kier alpha value is -2.94. The van der Waals surface area contributed by atoms with Crippen molar-refractivity contribution in [3.63, 3.8) is 0 Å². The number of hydrogen-bond acceptors (Lipinski definition) is 6. The highest BCUT2D eigenvalue weighted by Gasteiger charge is 2.25. The van der Waals surface area contributed by atoms with Crippen molar-refractivity contribution in [3.8, 4) is 0 Å². The van der Waals surface area contributed by atoms with E-state index >= 15 is 0 Å². The van der Waals surface area contributed by atoms with Crippen LogP contribution in [0.2, 0.25) is 5.02 Å². The number of hydrogen-bond donors (Lipinski definition) is 4. The van der Waals surface area contributed by atoms with E-state index < -0.39 is 17.8 Å². The Balaban J connectivity index is 1.53. The van der Waals surface area contributed by atoms with Crippen LogP contribution < -0.4 is 16.4 Å². The molecule has 9 heteroatoms. The number of nitrogens with zero attached hydrogens (tertiary/aromatic N) is 1. The molecule has 5 N–H and O–H groups in total. The molecule has 2 aromatic carbocycles. The van der Waals surface area contributed by atoms with Crippen molar-refractivity contribution in [1.29, 1.82) is 0 Å². The van der Waals surface area contributed by atoms with Crippen molar-refractivity contribution < 1.29 is 19.0 Å². The lowest BCUT2D eigenvalue weighted by Crippen LogP contribution is -2.37. The molecule has 0 saturated carbocycles. The van der Waals surface area contributed by atoms with Crippen LogP contribution in [0.25, 0.3) is 5.70 Å². The summed E-state index contributed by atoms with van der Waals surface area (Å²) in [4.78, 5) is 17.4. The minimum atomic E-state index is -0.720. The maximum Gasteiger partial charge on any atom is 0.254 e. The van der Waals surface area contributed by atoms with Crippen molar-refractivity contribution >= 4 is 28.9 Å². The standard InChI is InChI=1S/C24H26ClFN4O3/c25-17-3-1-2-15(10-17)21(13-31)30-24(32)18-5-4-16(11-19(18)26)22-23(27)28-12-20(29-22)14-6-8-33-9-7-14/h1-5,10-11,14,21,28,31H,6-9,12-13,27H2,(H,30,32)/t21-/m1/s1. The number of aliphatic hydroxyl groups is 1. The van der Waals surface area contributed by atoms with E-state index in [4.69, 9.17) is 27.1 Å². The monoisotopic (exact) mass is 472 g/mol. The smallest absolute Gasteiger partial charge is 0.254 e. The maximum absolute atomic E-state index is 15.0. The summed E-state index contributed by atoms with van der Waals surface area (Å²) in [5.74, 6) is -0.690. The number of rotatable bonds is 6. The van der Waals surface area contributed by atoms with Gasteiger partial charge in [0, 0.05) is 35.4 Å². The molecule has 4 rings (SSSR count). The van der Waals surface area contributed by atoms with E-state index in [-0.39, 0.29) is 12.2 Å². The molecule has 0 radical (unpaired) electrons. The summed E-state index contributed by atoms with van der Waals surface area (Å²) in [7, 11) is 0. The van der Waals surface area contributed by atoms with Gasteiger partial charge in [-0.25, -0.2) is 4.39 Å². The van der Waals surface area contributed by atoms with Crippen LogP contribution in [-0.2, 0) is 4.74 Å². The first-order valence-electron chi connectivity index (χ1n) is 10.8. The molecule has 7 nitrogen and oxygen atoms in total. The fourth-order valence-corrected chi connectivity index (χ4v) is 4.24. The fourth-order valence-electron chi connectivity index (χ4n) is 4.04. The first kappa shape index (κ1) is 23.2. The SMILES string of the molecule is NC1=C(c2ccc(C(=O)N[C@H](CO)c3cccc(Cl)c3)c(F)c2)N=C(C2CCOCC2)CN1. The van der Waals surface area contributed by atoms with Gasteiger partial charge in [-0.15, -0.1) is 0 Å². The van der Waals surface area contributed by atoms with E-state index in [0.29, 0.717) is 53.3 Å². The minimum Gasteiger partial charge on any atom is -0.394 e. The van der Waals surface area contributed by atoms with Gasteiger partial charge in [0.25, 0.3) is 5.91 Å². The zero-order valence-electron chi connectivity index (χ0n) is 18.0. The third-order valence-electron chi connectivity index (χ3n) is 5.89. The summed E-state index contributed by atoms with van der Waals surface area (Å²) >= 11 is 6.00. The van der Waals surface area contributed by atoms with Crippen molar-refractivity contribution in [2.45, 2.75) is 18.9 Å². The molecule has 1 saturated heterocycles. The maximum atomic E-state index is 15.0. The molecule has 0 bridgehead atoms. The average molecular weight is 473 g/mol. The van der Waals surface area contributed by atoms with E-state index in [1.54, 1.807) is 30.3 Å². The van der Waals surface area contributed by atoms with E-state index in [9.17, 15) is 14.3 Å². The van der Waals surface area contributed by atoms with Crippen LogP contribution in [0.5, 0.6) is 0 Å². The van der Waals surface area contributed by atoms with Crippen LogP contribution in [-0.4, -0.2) is 43.1 Å². The molecular formula is C24H26ClFN4O3. The molecule has 1 fully saturated rings. The van der Waals surface area contributed by atoms with E-state index in [1.165, 1.54) is 12.1 Å². The highest BCUT2D eigenvalue weighted by molar-refractivity contribution is 6.30. The second-order valence-electron chi connectivity index (χ2n) is 8.06. The minimum absolute atomic E-state index is 0.143. The van der Waals surface area contributed by atoms with Gasteiger partial charge >= 0.3 is 0 Å². The van der Waals surface area contributed by atoms with Gasteiger partial charge in [-0.3, -0.25) is 9.79 Å². The molecule has 33 heavy (non-hydrogen) atoms. The normalized spacial score (nSPS) is 17.8. The molecule has 2 aliphatic rings. The summed E-state index contributed by atoms with van der Waals surface area (Å²) in [5.41, 5.74) is 8.49. The van der Waals surface area contributed by atoms with Crippen molar-refractivity contribution in [2.75, 3.05) is 26.4 Å². The molecule has 1 amide bonds. The highest BCUT2D eigenvalue weighted by Crippen LogP contribution is 2.26. The summed E-state index contributed by atoms with van der Waals surface area (Å²) in [5, 5.41) is 16.0. The van der Waals surface area contributed by atoms with Gasteiger partial charge in [0.15, 0.2) is 0 Å². The Labute approximate surface area is 196 Å². The lowest BCUT2D eigenvalue weighted by atomic mass is 9.93. The molecule has 174 valence electrons. The van der Waals surface area contributed by atoms with Crippen LogP contribution in [0, 0.1) is 11.7 Å². The number of ether oxygens (including phenoxy) is 1. The van der Waals surface area contributed by atoms with E-state index in [0.717, 1.165) is 18.6 Å². The third-order valence-corrected chi connectivity index (χ3v) is 6.12. The highest BCUT2D eigenvalue weighted by atomic mass is 35.5. The number of carbonyl (C=O) groups excluding carboxylic acids is 1. The second-order valence-corrected chi connectivity index (χ2v) is 8.50. The lowest BCUT2D eigenvalue weighted by molar-refractivity contribution is 0.0824. The predicted octanol–water partition coefficient (Wildman–Crippen LogP) is 3.00. The van der Waals surface area contributed by atoms with Crippen LogP contribution in [0.4, 0.5) is 4.39 Å².